The standard InChI is InChI=1S/C15H25FN4/c1-3-8-17-15-19-10-13(16)14(20-15)18-9-12-7-5-4-6-11(12)2/h10-12H,3-9H2,1-2H3,(H2,17,18,19,20). The highest BCUT2D eigenvalue weighted by Crippen LogP contribution is 2.29. The maximum atomic E-state index is 13.7. The molecule has 1 aromatic rings. The van der Waals surface area contributed by atoms with Crippen LogP contribution in [0.4, 0.5) is 16.2 Å². The Hall–Kier alpha value is -1.39. The molecule has 0 amide bonds. The molecule has 2 N–H and O–H groups in total. The first-order valence-electron chi connectivity index (χ1n) is 7.71. The van der Waals surface area contributed by atoms with Crippen LogP contribution < -0.4 is 10.6 Å². The zero-order chi connectivity index (χ0) is 14.4. The normalized spacial score (nSPS) is 22.6. The lowest BCUT2D eigenvalue weighted by molar-refractivity contribution is 0.268. The Labute approximate surface area is 120 Å². The molecule has 20 heavy (non-hydrogen) atoms. The molecular formula is C15H25FN4. The molecule has 0 aromatic carbocycles. The van der Waals surface area contributed by atoms with Crippen LogP contribution >= 0.6 is 0 Å². The van der Waals surface area contributed by atoms with Gasteiger partial charge in [0.25, 0.3) is 0 Å². The lowest BCUT2D eigenvalue weighted by atomic mass is 9.80. The van der Waals surface area contributed by atoms with Crippen molar-refractivity contribution in [1.82, 2.24) is 9.97 Å². The molecule has 1 aromatic heterocycles. The fraction of sp³-hybridized carbons (Fsp3) is 0.733. The van der Waals surface area contributed by atoms with Crippen LogP contribution in [0.15, 0.2) is 6.20 Å². The number of nitrogens with one attached hydrogen (secondary N) is 2. The number of nitrogens with zero attached hydrogens (tertiary/aromatic N) is 2. The molecule has 1 heterocycles. The van der Waals surface area contributed by atoms with E-state index in [1.165, 1.54) is 31.9 Å². The van der Waals surface area contributed by atoms with Crippen LogP contribution in [0.1, 0.15) is 46.0 Å². The summed E-state index contributed by atoms with van der Waals surface area (Å²) in [6, 6.07) is 0. The minimum atomic E-state index is -0.379. The highest BCUT2D eigenvalue weighted by molar-refractivity contribution is 5.41. The van der Waals surface area contributed by atoms with Crippen LogP contribution in [-0.4, -0.2) is 23.1 Å². The molecule has 0 spiro atoms. The van der Waals surface area contributed by atoms with E-state index >= 15 is 0 Å². The van der Waals surface area contributed by atoms with Gasteiger partial charge in [0.1, 0.15) is 0 Å². The number of halogens is 1. The SMILES string of the molecule is CCCNc1ncc(F)c(NCC2CCCCC2C)n1. The van der Waals surface area contributed by atoms with E-state index in [0.717, 1.165) is 19.5 Å². The topological polar surface area (TPSA) is 49.8 Å². The van der Waals surface area contributed by atoms with Gasteiger partial charge in [-0.25, -0.2) is 9.37 Å². The molecule has 2 unspecified atom stereocenters. The Kier molecular flexibility index (Phi) is 5.56. The summed E-state index contributed by atoms with van der Waals surface area (Å²) in [7, 11) is 0. The van der Waals surface area contributed by atoms with Gasteiger partial charge in [-0.1, -0.05) is 33.1 Å². The summed E-state index contributed by atoms with van der Waals surface area (Å²) >= 11 is 0. The van der Waals surface area contributed by atoms with E-state index < -0.39 is 0 Å². The Morgan fingerprint density at radius 1 is 1.30 bits per heavy atom. The summed E-state index contributed by atoms with van der Waals surface area (Å²) in [6.07, 6.45) is 7.33. The molecule has 0 saturated heterocycles. The smallest absolute Gasteiger partial charge is 0.224 e. The predicted octanol–water partition coefficient (Wildman–Crippen LogP) is 3.68. The van der Waals surface area contributed by atoms with Gasteiger partial charge in [-0.3, -0.25) is 0 Å². The number of hydrogen-bond donors (Lipinski definition) is 2. The van der Waals surface area contributed by atoms with Gasteiger partial charge >= 0.3 is 0 Å². The third-order valence-electron chi connectivity index (χ3n) is 4.10. The molecule has 1 aliphatic rings. The van der Waals surface area contributed by atoms with E-state index in [4.69, 9.17) is 0 Å². The molecule has 112 valence electrons. The van der Waals surface area contributed by atoms with Gasteiger partial charge in [0.05, 0.1) is 6.20 Å². The van der Waals surface area contributed by atoms with Crippen LogP contribution in [0.25, 0.3) is 0 Å². The third kappa shape index (κ3) is 4.05. The molecule has 0 aliphatic heterocycles. The fourth-order valence-corrected chi connectivity index (χ4v) is 2.74. The second-order valence-electron chi connectivity index (χ2n) is 5.72. The molecule has 0 radical (unpaired) electrons. The van der Waals surface area contributed by atoms with E-state index in [2.05, 4.69) is 34.4 Å². The van der Waals surface area contributed by atoms with Crippen LogP contribution in [0.2, 0.25) is 0 Å². The van der Waals surface area contributed by atoms with Crippen molar-refractivity contribution in [3.63, 3.8) is 0 Å². The van der Waals surface area contributed by atoms with Gasteiger partial charge in [0, 0.05) is 13.1 Å². The Morgan fingerprint density at radius 2 is 2.10 bits per heavy atom. The number of rotatable bonds is 6. The number of aromatic nitrogens is 2. The highest BCUT2D eigenvalue weighted by Gasteiger charge is 2.21. The zero-order valence-corrected chi connectivity index (χ0v) is 12.5. The van der Waals surface area contributed by atoms with E-state index in [9.17, 15) is 4.39 Å². The van der Waals surface area contributed by atoms with Gasteiger partial charge < -0.3 is 10.6 Å². The Morgan fingerprint density at radius 3 is 2.85 bits per heavy atom. The van der Waals surface area contributed by atoms with Crippen molar-refractivity contribution in [2.45, 2.75) is 46.0 Å². The van der Waals surface area contributed by atoms with Gasteiger partial charge in [0.2, 0.25) is 5.95 Å². The van der Waals surface area contributed by atoms with Crippen LogP contribution in [-0.2, 0) is 0 Å². The van der Waals surface area contributed by atoms with Crippen molar-refractivity contribution < 1.29 is 4.39 Å². The van der Waals surface area contributed by atoms with Crippen LogP contribution in [0, 0.1) is 17.7 Å². The lowest BCUT2D eigenvalue weighted by Gasteiger charge is -2.29. The molecule has 0 bridgehead atoms. The summed E-state index contributed by atoms with van der Waals surface area (Å²) in [5, 5.41) is 6.24. The van der Waals surface area contributed by atoms with Crippen molar-refractivity contribution in [3.8, 4) is 0 Å². The van der Waals surface area contributed by atoms with Gasteiger partial charge in [-0.05, 0) is 24.7 Å². The number of hydrogen-bond acceptors (Lipinski definition) is 4. The summed E-state index contributed by atoms with van der Waals surface area (Å²) < 4.78 is 13.7. The number of anilines is 2. The van der Waals surface area contributed by atoms with Crippen molar-refractivity contribution in [2.24, 2.45) is 11.8 Å². The van der Waals surface area contributed by atoms with Crippen molar-refractivity contribution >= 4 is 11.8 Å². The van der Waals surface area contributed by atoms with Gasteiger partial charge in [-0.2, -0.15) is 4.98 Å². The van der Waals surface area contributed by atoms with Crippen molar-refractivity contribution in [2.75, 3.05) is 23.7 Å². The highest BCUT2D eigenvalue weighted by atomic mass is 19.1. The Balaban J connectivity index is 1.93. The minimum Gasteiger partial charge on any atom is -0.367 e. The largest absolute Gasteiger partial charge is 0.367 e. The quantitative estimate of drug-likeness (QED) is 0.834. The van der Waals surface area contributed by atoms with Gasteiger partial charge in [-0.15, -0.1) is 0 Å². The van der Waals surface area contributed by atoms with Crippen LogP contribution in [0.5, 0.6) is 0 Å². The van der Waals surface area contributed by atoms with E-state index in [1.54, 1.807) is 0 Å². The van der Waals surface area contributed by atoms with E-state index in [-0.39, 0.29) is 5.82 Å². The average Bonchev–Trinajstić information content (AvgIpc) is 2.46. The summed E-state index contributed by atoms with van der Waals surface area (Å²) in [5.41, 5.74) is 0. The second kappa shape index (κ2) is 7.41. The van der Waals surface area contributed by atoms with E-state index in [0.29, 0.717) is 23.6 Å². The van der Waals surface area contributed by atoms with Crippen LogP contribution in [0.3, 0.4) is 0 Å². The molecule has 4 nitrogen and oxygen atoms in total. The second-order valence-corrected chi connectivity index (χ2v) is 5.72. The first-order valence-corrected chi connectivity index (χ1v) is 7.71. The first-order chi connectivity index (χ1) is 9.70. The molecule has 1 saturated carbocycles. The fourth-order valence-electron chi connectivity index (χ4n) is 2.74. The molecule has 1 fully saturated rings. The summed E-state index contributed by atoms with van der Waals surface area (Å²) in [4.78, 5) is 8.16. The predicted molar refractivity (Wildman–Crippen MR) is 80.4 cm³/mol. The third-order valence-corrected chi connectivity index (χ3v) is 4.10. The Bertz CT molecular complexity index is 424. The molecule has 2 rings (SSSR count). The lowest BCUT2D eigenvalue weighted by Crippen LogP contribution is -2.25. The molecule has 5 heteroatoms. The van der Waals surface area contributed by atoms with Gasteiger partial charge in [0.15, 0.2) is 11.6 Å². The van der Waals surface area contributed by atoms with E-state index in [1.807, 2.05) is 0 Å². The summed E-state index contributed by atoms with van der Waals surface area (Å²) in [5.74, 6) is 1.75. The molecule has 1 aliphatic carbocycles. The first kappa shape index (κ1) is 15.0. The summed E-state index contributed by atoms with van der Waals surface area (Å²) in [6.45, 7) is 5.95. The molecule has 2 atom stereocenters. The molecular weight excluding hydrogens is 255 g/mol. The minimum absolute atomic E-state index is 0.316. The zero-order valence-electron chi connectivity index (χ0n) is 12.5. The maximum absolute atomic E-state index is 13.7. The van der Waals surface area contributed by atoms with Crippen molar-refractivity contribution in [1.29, 1.82) is 0 Å². The maximum Gasteiger partial charge on any atom is 0.224 e. The van der Waals surface area contributed by atoms with Crippen molar-refractivity contribution in [3.05, 3.63) is 12.0 Å². The average molecular weight is 280 g/mol. The monoisotopic (exact) mass is 280 g/mol.